The molecule has 0 heterocycles. The number of methoxy groups -OCH3 is 1. The van der Waals surface area contributed by atoms with Gasteiger partial charge in [-0.3, -0.25) is 4.79 Å². The van der Waals surface area contributed by atoms with E-state index in [1.807, 2.05) is 38.1 Å². The van der Waals surface area contributed by atoms with Gasteiger partial charge in [0.25, 0.3) is 0 Å². The highest BCUT2D eigenvalue weighted by Crippen LogP contribution is 2.21. The van der Waals surface area contributed by atoms with E-state index in [-0.39, 0.29) is 11.4 Å². The van der Waals surface area contributed by atoms with Gasteiger partial charge in [0.1, 0.15) is 5.75 Å². The fourth-order valence-corrected chi connectivity index (χ4v) is 1.98. The van der Waals surface area contributed by atoms with Gasteiger partial charge in [-0.15, -0.1) is 11.8 Å². The summed E-state index contributed by atoms with van der Waals surface area (Å²) < 4.78 is 5.07. The topological polar surface area (TPSA) is 64.3 Å². The summed E-state index contributed by atoms with van der Waals surface area (Å²) in [5.74, 6) is 1.19. The summed E-state index contributed by atoms with van der Waals surface area (Å²) in [6, 6.07) is 7.63. The van der Waals surface area contributed by atoms with E-state index < -0.39 is 0 Å². The second-order valence-electron chi connectivity index (χ2n) is 4.60. The largest absolute Gasteiger partial charge is 0.497 e. The Hall–Kier alpha value is -1.20. The molecule has 1 rings (SSSR count). The minimum atomic E-state index is -0.350. The number of nitrogens with one attached hydrogen (secondary N) is 1. The molecule has 0 saturated carbocycles. The van der Waals surface area contributed by atoms with Crippen LogP contribution in [0.4, 0.5) is 0 Å². The van der Waals surface area contributed by atoms with Crippen molar-refractivity contribution in [2.75, 3.05) is 19.4 Å². The van der Waals surface area contributed by atoms with Crippen molar-refractivity contribution in [3.05, 3.63) is 24.3 Å². The van der Waals surface area contributed by atoms with Crippen molar-refractivity contribution in [3.8, 4) is 5.75 Å². The van der Waals surface area contributed by atoms with E-state index in [0.717, 1.165) is 10.6 Å². The van der Waals surface area contributed by atoms with Crippen LogP contribution in [0.15, 0.2) is 29.2 Å². The normalized spacial score (nSPS) is 11.1. The first-order chi connectivity index (χ1) is 8.46. The lowest BCUT2D eigenvalue weighted by Gasteiger charge is -2.24. The Kier molecular flexibility index (Phi) is 5.50. The van der Waals surface area contributed by atoms with Crippen LogP contribution in [0.5, 0.6) is 5.75 Å². The van der Waals surface area contributed by atoms with Gasteiger partial charge in [0, 0.05) is 17.0 Å². The van der Waals surface area contributed by atoms with Gasteiger partial charge in [-0.05, 0) is 38.1 Å². The molecule has 0 aromatic heterocycles. The molecule has 0 atom stereocenters. The van der Waals surface area contributed by atoms with Gasteiger partial charge in [0.15, 0.2) is 0 Å². The maximum atomic E-state index is 11.7. The van der Waals surface area contributed by atoms with Crippen molar-refractivity contribution >= 4 is 17.7 Å². The van der Waals surface area contributed by atoms with Gasteiger partial charge in [-0.25, -0.2) is 0 Å². The van der Waals surface area contributed by atoms with Crippen LogP contribution in [0.2, 0.25) is 0 Å². The Morgan fingerprint density at radius 1 is 1.39 bits per heavy atom. The third-order valence-corrected chi connectivity index (χ3v) is 3.43. The number of hydrogen-bond acceptors (Lipinski definition) is 4. The third-order valence-electron chi connectivity index (χ3n) is 2.42. The highest BCUT2D eigenvalue weighted by molar-refractivity contribution is 8.00. The van der Waals surface area contributed by atoms with Crippen LogP contribution >= 0.6 is 11.8 Å². The molecule has 0 radical (unpaired) electrons. The molecule has 0 spiro atoms. The quantitative estimate of drug-likeness (QED) is 0.770. The summed E-state index contributed by atoms with van der Waals surface area (Å²) in [6.45, 7) is 4.23. The van der Waals surface area contributed by atoms with Crippen LogP contribution in [-0.2, 0) is 4.79 Å². The molecular formula is C13H20N2O2S. The average Bonchev–Trinajstić information content (AvgIpc) is 2.36. The van der Waals surface area contributed by atoms with Crippen molar-refractivity contribution in [2.45, 2.75) is 24.3 Å². The van der Waals surface area contributed by atoms with Crippen LogP contribution in [0, 0.1) is 0 Å². The molecule has 5 heteroatoms. The predicted octanol–water partition coefficient (Wildman–Crippen LogP) is 1.64. The molecule has 1 amide bonds. The summed E-state index contributed by atoms with van der Waals surface area (Å²) in [7, 11) is 1.63. The number of carbonyl (C=O) groups excluding carboxylic acids is 1. The monoisotopic (exact) mass is 268 g/mol. The lowest BCUT2D eigenvalue weighted by Crippen LogP contribution is -2.49. The number of thioether (sulfide) groups is 1. The number of rotatable bonds is 6. The molecule has 3 N–H and O–H groups in total. The molecule has 4 nitrogen and oxygen atoms in total. The van der Waals surface area contributed by atoms with Crippen molar-refractivity contribution < 1.29 is 9.53 Å². The lowest BCUT2D eigenvalue weighted by molar-refractivity contribution is -0.120. The number of benzene rings is 1. The molecule has 100 valence electrons. The van der Waals surface area contributed by atoms with Gasteiger partial charge in [-0.2, -0.15) is 0 Å². The molecule has 1 aromatic carbocycles. The minimum absolute atomic E-state index is 0.00809. The third kappa shape index (κ3) is 4.98. The number of carbonyl (C=O) groups is 1. The molecule has 0 aliphatic carbocycles. The van der Waals surface area contributed by atoms with E-state index >= 15 is 0 Å². The van der Waals surface area contributed by atoms with Crippen molar-refractivity contribution in [3.63, 3.8) is 0 Å². The first-order valence-corrected chi connectivity index (χ1v) is 6.73. The maximum absolute atomic E-state index is 11.7. The second-order valence-corrected chi connectivity index (χ2v) is 5.65. The summed E-state index contributed by atoms with van der Waals surface area (Å²) in [5.41, 5.74) is 5.21. The molecule has 0 fully saturated rings. The van der Waals surface area contributed by atoms with Crippen LogP contribution in [0.3, 0.4) is 0 Å². The summed E-state index contributed by atoms with van der Waals surface area (Å²) in [6.07, 6.45) is 0. The summed E-state index contributed by atoms with van der Waals surface area (Å²) in [4.78, 5) is 12.7. The Bertz CT molecular complexity index is 390. The molecule has 0 aliphatic heterocycles. The van der Waals surface area contributed by atoms with Gasteiger partial charge >= 0.3 is 0 Å². The Balaban J connectivity index is 2.42. The van der Waals surface area contributed by atoms with Crippen molar-refractivity contribution in [1.82, 2.24) is 5.32 Å². The summed E-state index contributed by atoms with van der Waals surface area (Å²) >= 11 is 1.49. The highest BCUT2D eigenvalue weighted by Gasteiger charge is 2.17. The van der Waals surface area contributed by atoms with E-state index in [1.165, 1.54) is 11.8 Å². The van der Waals surface area contributed by atoms with E-state index in [2.05, 4.69) is 5.32 Å². The summed E-state index contributed by atoms with van der Waals surface area (Å²) in [5, 5.41) is 2.89. The van der Waals surface area contributed by atoms with E-state index in [1.54, 1.807) is 7.11 Å². The molecule has 0 aliphatic rings. The SMILES string of the molecule is COc1ccc(SCC(=O)NC(C)(C)CN)cc1. The molecule has 0 bridgehead atoms. The zero-order valence-corrected chi connectivity index (χ0v) is 11.8. The first-order valence-electron chi connectivity index (χ1n) is 5.75. The van der Waals surface area contributed by atoms with Crippen LogP contribution in [0.25, 0.3) is 0 Å². The minimum Gasteiger partial charge on any atom is -0.497 e. The van der Waals surface area contributed by atoms with Gasteiger partial charge in [0.2, 0.25) is 5.91 Å². The zero-order chi connectivity index (χ0) is 13.6. The maximum Gasteiger partial charge on any atom is 0.230 e. The van der Waals surface area contributed by atoms with Crippen molar-refractivity contribution in [2.24, 2.45) is 5.73 Å². The van der Waals surface area contributed by atoms with E-state index in [9.17, 15) is 4.79 Å². The van der Waals surface area contributed by atoms with Gasteiger partial charge in [0.05, 0.1) is 12.9 Å². The fourth-order valence-electron chi connectivity index (χ4n) is 1.29. The number of nitrogens with two attached hydrogens (primary N) is 1. The smallest absolute Gasteiger partial charge is 0.230 e. The number of hydrogen-bond donors (Lipinski definition) is 2. The first kappa shape index (κ1) is 14.9. The van der Waals surface area contributed by atoms with E-state index in [4.69, 9.17) is 10.5 Å². The van der Waals surface area contributed by atoms with Crippen LogP contribution in [0.1, 0.15) is 13.8 Å². The Morgan fingerprint density at radius 3 is 2.50 bits per heavy atom. The molecular weight excluding hydrogens is 248 g/mol. The lowest BCUT2D eigenvalue weighted by atomic mass is 10.1. The highest BCUT2D eigenvalue weighted by atomic mass is 32.2. The van der Waals surface area contributed by atoms with Crippen LogP contribution < -0.4 is 15.8 Å². The average molecular weight is 268 g/mol. The molecule has 1 aromatic rings. The number of ether oxygens (including phenoxy) is 1. The van der Waals surface area contributed by atoms with Crippen molar-refractivity contribution in [1.29, 1.82) is 0 Å². The second kappa shape index (κ2) is 6.66. The fraction of sp³-hybridized carbons (Fsp3) is 0.462. The Labute approximate surface area is 112 Å². The van der Waals surface area contributed by atoms with Gasteiger partial charge < -0.3 is 15.8 Å². The molecule has 18 heavy (non-hydrogen) atoms. The predicted molar refractivity (Wildman–Crippen MR) is 75.0 cm³/mol. The van der Waals surface area contributed by atoms with E-state index in [0.29, 0.717) is 12.3 Å². The standard InChI is InChI=1S/C13H20N2O2S/c1-13(2,9-14)15-12(16)8-18-11-6-4-10(17-3)5-7-11/h4-7H,8-9,14H2,1-3H3,(H,15,16). The van der Waals surface area contributed by atoms with Gasteiger partial charge in [-0.1, -0.05) is 0 Å². The number of amides is 1. The Morgan fingerprint density at radius 2 is 2.00 bits per heavy atom. The molecule has 0 unspecified atom stereocenters. The molecule has 0 saturated heterocycles. The van der Waals surface area contributed by atoms with Crippen LogP contribution in [-0.4, -0.2) is 30.9 Å². The zero-order valence-electron chi connectivity index (χ0n) is 11.0.